The van der Waals surface area contributed by atoms with E-state index in [4.69, 9.17) is 4.74 Å². The Morgan fingerprint density at radius 3 is 2.70 bits per heavy atom. The van der Waals surface area contributed by atoms with E-state index in [0.717, 1.165) is 34.9 Å². The molecule has 2 aromatic heterocycles. The number of methoxy groups -OCH3 is 1. The number of ether oxygens (including phenoxy) is 1. The topological polar surface area (TPSA) is 77.3 Å². The van der Waals surface area contributed by atoms with Gasteiger partial charge in [0.15, 0.2) is 5.69 Å². The second-order valence-corrected chi connectivity index (χ2v) is 8.94. The third-order valence-electron chi connectivity index (χ3n) is 6.21. The highest BCUT2D eigenvalue weighted by molar-refractivity contribution is 7.10. The molecule has 154 valence electrons. The number of nitrogens with zero attached hydrogens (tertiary/aromatic N) is 4. The minimum atomic E-state index is -0.268. The molecule has 1 fully saturated rings. The van der Waals surface area contributed by atoms with Crippen molar-refractivity contribution < 1.29 is 9.53 Å². The number of thiophene rings is 1. The Hall–Kier alpha value is -3.00. The van der Waals surface area contributed by atoms with Crippen molar-refractivity contribution in [3.63, 3.8) is 0 Å². The van der Waals surface area contributed by atoms with Crippen LogP contribution < -0.4 is 10.3 Å². The molecule has 8 heteroatoms. The highest BCUT2D eigenvalue weighted by Crippen LogP contribution is 2.41. The molecule has 3 aromatic rings. The monoisotopic (exact) mass is 422 g/mol. The lowest BCUT2D eigenvalue weighted by Crippen LogP contribution is -2.36. The summed E-state index contributed by atoms with van der Waals surface area (Å²) in [6, 6.07) is 11.2. The Balaban J connectivity index is 1.40. The fourth-order valence-corrected chi connectivity index (χ4v) is 5.23. The van der Waals surface area contributed by atoms with Gasteiger partial charge in [0.2, 0.25) is 5.91 Å². The van der Waals surface area contributed by atoms with Crippen LogP contribution in [-0.2, 0) is 23.2 Å². The van der Waals surface area contributed by atoms with Crippen molar-refractivity contribution in [1.82, 2.24) is 19.7 Å². The quantitative estimate of drug-likeness (QED) is 0.646. The van der Waals surface area contributed by atoms with Gasteiger partial charge in [-0.15, -0.1) is 21.5 Å². The fraction of sp³-hybridized carbons (Fsp3) is 0.364. The molecule has 2 aliphatic rings. The summed E-state index contributed by atoms with van der Waals surface area (Å²) in [4.78, 5) is 28.9. The summed E-state index contributed by atoms with van der Waals surface area (Å²) < 4.78 is 6.93. The normalized spacial score (nSPS) is 20.0. The van der Waals surface area contributed by atoms with Crippen LogP contribution in [0.5, 0.6) is 5.75 Å². The molecule has 1 saturated heterocycles. The van der Waals surface area contributed by atoms with E-state index < -0.39 is 0 Å². The Morgan fingerprint density at radius 2 is 1.97 bits per heavy atom. The van der Waals surface area contributed by atoms with Crippen molar-refractivity contribution in [2.24, 2.45) is 0 Å². The van der Waals surface area contributed by atoms with Crippen molar-refractivity contribution in [3.05, 3.63) is 62.8 Å². The molecule has 4 heterocycles. The fourth-order valence-electron chi connectivity index (χ4n) is 4.53. The van der Waals surface area contributed by atoms with Crippen LogP contribution in [0.25, 0.3) is 11.3 Å². The Labute approximate surface area is 177 Å². The van der Waals surface area contributed by atoms with Gasteiger partial charge in [-0.1, -0.05) is 6.07 Å². The number of fused-ring (bicyclic) bond motifs is 2. The third-order valence-corrected chi connectivity index (χ3v) is 7.09. The van der Waals surface area contributed by atoms with Crippen molar-refractivity contribution in [1.29, 1.82) is 0 Å². The smallest absolute Gasteiger partial charge is 0.280 e. The second kappa shape index (κ2) is 7.36. The molecule has 30 heavy (non-hydrogen) atoms. The summed E-state index contributed by atoms with van der Waals surface area (Å²) in [5, 5.41) is 10.8. The number of likely N-dealkylation sites (tertiary alicyclic amines) is 1. The zero-order valence-electron chi connectivity index (χ0n) is 16.7. The van der Waals surface area contributed by atoms with Gasteiger partial charge in [-0.3, -0.25) is 14.2 Å². The van der Waals surface area contributed by atoms with Crippen LogP contribution in [0.4, 0.5) is 0 Å². The molecular weight excluding hydrogens is 400 g/mol. The standard InChI is InChI=1S/C22H22N4O3S/c1-29-16-6-4-15(5-7-16)19-20(28)26-11-9-22(21(26)24-23-19)8-10-25(14-22)18(27)13-17-3-2-12-30-17/h2-7,12H,8-11,13-14H2,1H3/t22-/m1/s1. The Morgan fingerprint density at radius 1 is 1.17 bits per heavy atom. The van der Waals surface area contributed by atoms with Crippen LogP contribution >= 0.6 is 11.3 Å². The Bertz CT molecular complexity index is 1140. The van der Waals surface area contributed by atoms with Gasteiger partial charge in [0.1, 0.15) is 11.6 Å². The molecule has 1 spiro atoms. The molecule has 0 radical (unpaired) electrons. The van der Waals surface area contributed by atoms with Gasteiger partial charge in [0.25, 0.3) is 5.56 Å². The molecule has 2 aliphatic heterocycles. The summed E-state index contributed by atoms with van der Waals surface area (Å²) in [6.45, 7) is 1.91. The average molecular weight is 423 g/mol. The SMILES string of the molecule is COc1ccc(-c2nnc3n(c2=O)CC[C@@]32CCN(C(=O)Cc3cccs3)C2)cc1. The van der Waals surface area contributed by atoms with Crippen molar-refractivity contribution in [2.45, 2.75) is 31.2 Å². The number of rotatable bonds is 4. The van der Waals surface area contributed by atoms with Crippen molar-refractivity contribution >= 4 is 17.2 Å². The number of carbonyl (C=O) groups is 1. The lowest BCUT2D eigenvalue weighted by atomic mass is 9.85. The van der Waals surface area contributed by atoms with Gasteiger partial charge < -0.3 is 9.64 Å². The number of aromatic nitrogens is 3. The van der Waals surface area contributed by atoms with Crippen LogP contribution in [0.1, 0.15) is 23.5 Å². The molecule has 1 amide bonds. The van der Waals surface area contributed by atoms with E-state index in [0.29, 0.717) is 31.7 Å². The first-order valence-corrected chi connectivity index (χ1v) is 10.9. The van der Waals surface area contributed by atoms with Crippen LogP contribution in [-0.4, -0.2) is 45.8 Å². The molecule has 0 aliphatic carbocycles. The minimum absolute atomic E-state index is 0.120. The average Bonchev–Trinajstić information content (AvgIpc) is 3.51. The van der Waals surface area contributed by atoms with Crippen LogP contribution in [0, 0.1) is 0 Å². The minimum Gasteiger partial charge on any atom is -0.497 e. The van der Waals surface area contributed by atoms with E-state index in [1.165, 1.54) is 0 Å². The Kier molecular flexibility index (Phi) is 4.66. The maximum atomic E-state index is 13.1. The van der Waals surface area contributed by atoms with E-state index in [1.54, 1.807) is 23.0 Å². The molecule has 0 bridgehead atoms. The van der Waals surface area contributed by atoms with E-state index in [-0.39, 0.29) is 16.9 Å². The lowest BCUT2D eigenvalue weighted by molar-refractivity contribution is -0.129. The molecule has 5 rings (SSSR count). The highest BCUT2D eigenvalue weighted by atomic mass is 32.1. The molecule has 0 saturated carbocycles. The highest BCUT2D eigenvalue weighted by Gasteiger charge is 2.48. The molecule has 1 aromatic carbocycles. The first kappa shape index (κ1) is 19.0. The summed E-state index contributed by atoms with van der Waals surface area (Å²) >= 11 is 1.60. The predicted octanol–water partition coefficient (Wildman–Crippen LogP) is 2.49. The van der Waals surface area contributed by atoms with E-state index >= 15 is 0 Å². The predicted molar refractivity (Wildman–Crippen MR) is 114 cm³/mol. The molecule has 0 N–H and O–H groups in total. The van der Waals surface area contributed by atoms with Gasteiger partial charge in [-0.2, -0.15) is 0 Å². The van der Waals surface area contributed by atoms with E-state index in [9.17, 15) is 9.59 Å². The number of carbonyl (C=O) groups excluding carboxylic acids is 1. The largest absolute Gasteiger partial charge is 0.497 e. The number of amides is 1. The van der Waals surface area contributed by atoms with E-state index in [1.807, 2.05) is 46.7 Å². The zero-order chi connectivity index (χ0) is 20.7. The molecule has 1 atom stereocenters. The molecular formula is C22H22N4O3S. The summed E-state index contributed by atoms with van der Waals surface area (Å²) in [5.41, 5.74) is 0.687. The van der Waals surface area contributed by atoms with Crippen LogP contribution in [0.3, 0.4) is 0 Å². The van der Waals surface area contributed by atoms with Gasteiger partial charge in [0, 0.05) is 30.1 Å². The molecule has 0 unspecified atom stereocenters. The first-order valence-electron chi connectivity index (χ1n) is 10.0. The van der Waals surface area contributed by atoms with Crippen molar-refractivity contribution in [3.8, 4) is 17.0 Å². The van der Waals surface area contributed by atoms with Crippen LogP contribution in [0.2, 0.25) is 0 Å². The van der Waals surface area contributed by atoms with Gasteiger partial charge >= 0.3 is 0 Å². The zero-order valence-corrected chi connectivity index (χ0v) is 17.5. The third kappa shape index (κ3) is 3.11. The molecule has 7 nitrogen and oxygen atoms in total. The number of benzene rings is 1. The van der Waals surface area contributed by atoms with Gasteiger partial charge in [-0.05, 0) is 48.6 Å². The maximum Gasteiger partial charge on any atom is 0.280 e. The second-order valence-electron chi connectivity index (χ2n) is 7.91. The van der Waals surface area contributed by atoms with Gasteiger partial charge in [-0.25, -0.2) is 0 Å². The van der Waals surface area contributed by atoms with Crippen LogP contribution in [0.15, 0.2) is 46.6 Å². The lowest BCUT2D eigenvalue weighted by Gasteiger charge is -2.23. The number of hydrogen-bond donors (Lipinski definition) is 0. The summed E-state index contributed by atoms with van der Waals surface area (Å²) in [6.07, 6.45) is 2.06. The number of hydrogen-bond acceptors (Lipinski definition) is 6. The van der Waals surface area contributed by atoms with Crippen molar-refractivity contribution in [2.75, 3.05) is 20.2 Å². The maximum absolute atomic E-state index is 13.1. The summed E-state index contributed by atoms with van der Waals surface area (Å²) in [5.74, 6) is 1.58. The summed E-state index contributed by atoms with van der Waals surface area (Å²) in [7, 11) is 1.61. The van der Waals surface area contributed by atoms with E-state index in [2.05, 4.69) is 10.2 Å². The first-order chi connectivity index (χ1) is 14.6. The van der Waals surface area contributed by atoms with Gasteiger partial charge in [0.05, 0.1) is 18.9 Å².